The molecule has 2 aliphatic rings. The van der Waals surface area contributed by atoms with Gasteiger partial charge in [-0.1, -0.05) is 30.3 Å². The highest BCUT2D eigenvalue weighted by atomic mass is 16.8. The molecule has 0 radical (unpaired) electrons. The monoisotopic (exact) mass is 310 g/mol. The summed E-state index contributed by atoms with van der Waals surface area (Å²) in [5, 5.41) is 19.4. The Morgan fingerprint density at radius 3 is 2.36 bits per heavy atom. The molecule has 2 N–H and O–H groups in total. The molecule has 2 aliphatic heterocycles. The summed E-state index contributed by atoms with van der Waals surface area (Å²) in [6.45, 7) is 3.18. The molecule has 1 aromatic rings. The first-order valence-electron chi connectivity index (χ1n) is 7.40. The quantitative estimate of drug-likeness (QED) is 0.838. The molecule has 2 saturated heterocycles. The molecule has 2 fully saturated rings. The molecule has 0 amide bonds. The van der Waals surface area contributed by atoms with Gasteiger partial charge in [-0.15, -0.1) is 0 Å². The Morgan fingerprint density at radius 2 is 1.73 bits per heavy atom. The summed E-state index contributed by atoms with van der Waals surface area (Å²) in [7, 11) is 0. The maximum Gasteiger partial charge on any atom is 0.190 e. The molecule has 3 rings (SSSR count). The van der Waals surface area contributed by atoms with Crippen LogP contribution in [0.5, 0.6) is 0 Å². The van der Waals surface area contributed by atoms with E-state index in [1.807, 2.05) is 30.3 Å². The number of fused-ring (bicyclic) bond motifs is 1. The Balaban J connectivity index is 1.77. The van der Waals surface area contributed by atoms with E-state index in [2.05, 4.69) is 0 Å². The lowest BCUT2D eigenvalue weighted by Crippen LogP contribution is -2.52. The van der Waals surface area contributed by atoms with Gasteiger partial charge in [0.05, 0.1) is 19.8 Å². The van der Waals surface area contributed by atoms with Crippen LogP contribution in [0.3, 0.4) is 0 Å². The third-order valence-electron chi connectivity index (χ3n) is 4.06. The SMILES string of the molecule is CC1(C)OC2OC(CO)(CO)C(OCc3ccccc3)C2O1. The van der Waals surface area contributed by atoms with Crippen molar-refractivity contribution >= 4 is 0 Å². The van der Waals surface area contributed by atoms with Crippen LogP contribution in [0.1, 0.15) is 19.4 Å². The third-order valence-corrected chi connectivity index (χ3v) is 4.06. The summed E-state index contributed by atoms with van der Waals surface area (Å²) in [4.78, 5) is 0. The highest BCUT2D eigenvalue weighted by Gasteiger charge is 2.62. The molecule has 6 nitrogen and oxygen atoms in total. The molecule has 122 valence electrons. The van der Waals surface area contributed by atoms with Crippen molar-refractivity contribution in [2.75, 3.05) is 13.2 Å². The molecule has 1 aromatic carbocycles. The maximum absolute atomic E-state index is 9.69. The third kappa shape index (κ3) is 2.78. The van der Waals surface area contributed by atoms with Crippen molar-refractivity contribution in [1.29, 1.82) is 0 Å². The van der Waals surface area contributed by atoms with E-state index in [9.17, 15) is 10.2 Å². The van der Waals surface area contributed by atoms with Gasteiger partial charge >= 0.3 is 0 Å². The Kier molecular flexibility index (Phi) is 4.24. The number of aliphatic hydroxyl groups excluding tert-OH is 2. The molecular weight excluding hydrogens is 288 g/mol. The fraction of sp³-hybridized carbons (Fsp3) is 0.625. The molecular formula is C16H22O6. The van der Waals surface area contributed by atoms with E-state index >= 15 is 0 Å². The fourth-order valence-corrected chi connectivity index (χ4v) is 2.96. The molecule has 6 heteroatoms. The molecule has 0 aromatic heterocycles. The minimum Gasteiger partial charge on any atom is -0.393 e. The summed E-state index contributed by atoms with van der Waals surface area (Å²) in [6, 6.07) is 9.68. The molecule has 0 saturated carbocycles. The molecule has 0 spiro atoms. The van der Waals surface area contributed by atoms with Crippen molar-refractivity contribution in [2.24, 2.45) is 0 Å². The number of hydrogen-bond donors (Lipinski definition) is 2. The van der Waals surface area contributed by atoms with Gasteiger partial charge in [0.2, 0.25) is 0 Å². The summed E-state index contributed by atoms with van der Waals surface area (Å²) in [5.41, 5.74) is -0.227. The van der Waals surface area contributed by atoms with Gasteiger partial charge in [-0.2, -0.15) is 0 Å². The van der Waals surface area contributed by atoms with Crippen LogP contribution in [0, 0.1) is 0 Å². The van der Waals surface area contributed by atoms with Crippen molar-refractivity contribution in [3.63, 3.8) is 0 Å². The van der Waals surface area contributed by atoms with Crippen LogP contribution in [-0.2, 0) is 25.6 Å². The lowest BCUT2D eigenvalue weighted by molar-refractivity contribution is -0.258. The highest BCUT2D eigenvalue weighted by molar-refractivity contribution is 5.14. The Bertz CT molecular complexity index is 499. The van der Waals surface area contributed by atoms with E-state index in [1.54, 1.807) is 13.8 Å². The van der Waals surface area contributed by atoms with Crippen LogP contribution in [-0.4, -0.2) is 53.3 Å². The zero-order chi connectivity index (χ0) is 15.8. The first-order valence-corrected chi connectivity index (χ1v) is 7.40. The van der Waals surface area contributed by atoms with E-state index in [0.29, 0.717) is 6.61 Å². The second-order valence-corrected chi connectivity index (χ2v) is 6.18. The normalized spacial score (nSPS) is 32.1. The molecule has 2 heterocycles. The maximum atomic E-state index is 9.69. The minimum atomic E-state index is -1.22. The van der Waals surface area contributed by atoms with Gasteiger partial charge in [0.1, 0.15) is 17.8 Å². The second-order valence-electron chi connectivity index (χ2n) is 6.18. The molecule has 22 heavy (non-hydrogen) atoms. The standard InChI is InChI=1S/C16H22O6/c1-15(2)20-12-13(19-8-11-6-4-3-5-7-11)16(9-17,10-18)22-14(12)21-15/h3-7,12-14,17-18H,8-10H2,1-2H3. The first-order chi connectivity index (χ1) is 10.5. The van der Waals surface area contributed by atoms with Crippen LogP contribution < -0.4 is 0 Å². The van der Waals surface area contributed by atoms with Crippen LogP contribution >= 0.6 is 0 Å². The van der Waals surface area contributed by atoms with Gasteiger partial charge in [-0.05, 0) is 19.4 Å². The Morgan fingerprint density at radius 1 is 1.05 bits per heavy atom. The Labute approximate surface area is 129 Å². The van der Waals surface area contributed by atoms with E-state index in [1.165, 1.54) is 0 Å². The summed E-state index contributed by atoms with van der Waals surface area (Å²) in [6.07, 6.45) is -1.76. The van der Waals surface area contributed by atoms with Crippen LogP contribution in [0.25, 0.3) is 0 Å². The number of benzene rings is 1. The zero-order valence-electron chi connectivity index (χ0n) is 12.8. The van der Waals surface area contributed by atoms with Crippen LogP contribution in [0.2, 0.25) is 0 Å². The number of ether oxygens (including phenoxy) is 4. The van der Waals surface area contributed by atoms with Crippen molar-refractivity contribution in [3.05, 3.63) is 35.9 Å². The van der Waals surface area contributed by atoms with E-state index in [0.717, 1.165) is 5.56 Å². The van der Waals surface area contributed by atoms with Gasteiger partial charge in [0.25, 0.3) is 0 Å². The predicted molar refractivity (Wildman–Crippen MR) is 76.8 cm³/mol. The van der Waals surface area contributed by atoms with E-state index in [-0.39, 0.29) is 13.2 Å². The first kappa shape index (κ1) is 15.9. The topological polar surface area (TPSA) is 77.4 Å². The van der Waals surface area contributed by atoms with Crippen molar-refractivity contribution in [3.8, 4) is 0 Å². The van der Waals surface area contributed by atoms with Crippen molar-refractivity contribution < 1.29 is 29.2 Å². The summed E-state index contributed by atoms with van der Waals surface area (Å²) in [5.74, 6) is -0.777. The van der Waals surface area contributed by atoms with Crippen LogP contribution in [0.15, 0.2) is 30.3 Å². The molecule has 0 aliphatic carbocycles. The molecule has 0 bridgehead atoms. The lowest BCUT2D eigenvalue weighted by atomic mass is 9.97. The second kappa shape index (κ2) is 5.88. The fourth-order valence-electron chi connectivity index (χ4n) is 2.96. The summed E-state index contributed by atoms with van der Waals surface area (Å²) >= 11 is 0. The summed E-state index contributed by atoms with van der Waals surface area (Å²) < 4.78 is 23.2. The van der Waals surface area contributed by atoms with Crippen LogP contribution in [0.4, 0.5) is 0 Å². The van der Waals surface area contributed by atoms with Crippen molar-refractivity contribution in [1.82, 2.24) is 0 Å². The van der Waals surface area contributed by atoms with Gasteiger partial charge in [0.15, 0.2) is 12.1 Å². The number of rotatable bonds is 5. The predicted octanol–water partition coefficient (Wildman–Crippen LogP) is 0.803. The minimum absolute atomic E-state index is 0.337. The van der Waals surface area contributed by atoms with Gasteiger partial charge < -0.3 is 29.2 Å². The smallest absolute Gasteiger partial charge is 0.190 e. The largest absolute Gasteiger partial charge is 0.393 e. The van der Waals surface area contributed by atoms with Gasteiger partial charge in [0, 0.05) is 0 Å². The highest BCUT2D eigenvalue weighted by Crippen LogP contribution is 2.43. The Hall–Kier alpha value is -1.02. The van der Waals surface area contributed by atoms with E-state index < -0.39 is 29.9 Å². The van der Waals surface area contributed by atoms with Gasteiger partial charge in [-0.3, -0.25) is 0 Å². The number of aliphatic hydroxyl groups is 2. The zero-order valence-corrected chi connectivity index (χ0v) is 12.8. The van der Waals surface area contributed by atoms with E-state index in [4.69, 9.17) is 18.9 Å². The average molecular weight is 310 g/mol. The average Bonchev–Trinajstić information content (AvgIpc) is 2.95. The van der Waals surface area contributed by atoms with Crippen molar-refractivity contribution in [2.45, 2.75) is 50.3 Å². The number of hydrogen-bond acceptors (Lipinski definition) is 6. The molecule has 3 atom stereocenters. The van der Waals surface area contributed by atoms with Gasteiger partial charge in [-0.25, -0.2) is 0 Å². The lowest BCUT2D eigenvalue weighted by Gasteiger charge is -2.33. The molecule has 3 unspecified atom stereocenters.